The Bertz CT molecular complexity index is 743. The molecule has 84 valence electrons. The van der Waals surface area contributed by atoms with Gasteiger partial charge in [-0.15, -0.1) is 0 Å². The normalized spacial score (nSPS) is 11.2. The van der Waals surface area contributed by atoms with E-state index in [4.69, 9.17) is 0 Å². The number of benzene rings is 2. The molecule has 2 nitrogen and oxygen atoms in total. The molecule has 0 N–H and O–H groups in total. The Morgan fingerprint density at radius 2 is 1.88 bits per heavy atom. The predicted octanol–water partition coefficient (Wildman–Crippen LogP) is 3.91. The number of aldehydes is 1. The summed E-state index contributed by atoms with van der Waals surface area (Å²) in [4.78, 5) is 10.8. The molecule has 2 aromatic carbocycles. The lowest BCUT2D eigenvalue weighted by atomic mass is 10.1. The standard InChI is InChI=1S/C14H10BrNO/c1-16-13-5-3-10(15)7-12(13)11-4-2-9(8-17)6-14(11)16/h2-8H,1H3. The molecule has 0 spiro atoms. The minimum Gasteiger partial charge on any atom is -0.344 e. The molecule has 3 rings (SSSR count). The number of halogens is 1. The van der Waals surface area contributed by atoms with Crippen LogP contribution in [0.2, 0.25) is 0 Å². The number of hydrogen-bond donors (Lipinski definition) is 0. The number of nitrogens with zero attached hydrogens (tertiary/aromatic N) is 1. The highest BCUT2D eigenvalue weighted by Gasteiger charge is 2.08. The molecule has 0 saturated heterocycles. The van der Waals surface area contributed by atoms with Crippen molar-refractivity contribution in [2.75, 3.05) is 0 Å². The first kappa shape index (κ1) is 10.5. The van der Waals surface area contributed by atoms with Gasteiger partial charge in [-0.25, -0.2) is 0 Å². The molecule has 0 radical (unpaired) electrons. The number of aromatic nitrogens is 1. The largest absolute Gasteiger partial charge is 0.344 e. The van der Waals surface area contributed by atoms with Crippen molar-refractivity contribution in [2.24, 2.45) is 7.05 Å². The number of aryl methyl sites for hydroxylation is 1. The van der Waals surface area contributed by atoms with E-state index in [0.717, 1.165) is 16.3 Å². The van der Waals surface area contributed by atoms with Crippen LogP contribution in [0.1, 0.15) is 10.4 Å². The number of carbonyl (C=O) groups excluding carboxylic acids is 1. The van der Waals surface area contributed by atoms with E-state index >= 15 is 0 Å². The van der Waals surface area contributed by atoms with Crippen LogP contribution in [-0.2, 0) is 7.05 Å². The monoisotopic (exact) mass is 287 g/mol. The summed E-state index contributed by atoms with van der Waals surface area (Å²) >= 11 is 3.49. The van der Waals surface area contributed by atoms with Crippen LogP contribution in [0, 0.1) is 0 Å². The van der Waals surface area contributed by atoms with Crippen LogP contribution < -0.4 is 0 Å². The Labute approximate surface area is 107 Å². The van der Waals surface area contributed by atoms with Crippen molar-refractivity contribution in [2.45, 2.75) is 0 Å². The van der Waals surface area contributed by atoms with E-state index in [1.807, 2.05) is 31.3 Å². The molecule has 0 unspecified atom stereocenters. The van der Waals surface area contributed by atoms with Gasteiger partial charge in [0.2, 0.25) is 0 Å². The molecule has 3 aromatic rings. The molecule has 0 amide bonds. The Balaban J connectivity index is 2.53. The van der Waals surface area contributed by atoms with Gasteiger partial charge in [0.15, 0.2) is 0 Å². The SMILES string of the molecule is Cn1c2ccc(Br)cc2c2ccc(C=O)cc21. The van der Waals surface area contributed by atoms with Gasteiger partial charge in [-0.05, 0) is 24.3 Å². The molecular formula is C14H10BrNO. The molecule has 0 atom stereocenters. The van der Waals surface area contributed by atoms with Gasteiger partial charge in [0.25, 0.3) is 0 Å². The number of rotatable bonds is 1. The van der Waals surface area contributed by atoms with Gasteiger partial charge in [0.05, 0.1) is 0 Å². The fourth-order valence-electron chi connectivity index (χ4n) is 2.27. The van der Waals surface area contributed by atoms with Crippen LogP contribution in [0.5, 0.6) is 0 Å². The Morgan fingerprint density at radius 1 is 1.06 bits per heavy atom. The van der Waals surface area contributed by atoms with Crippen LogP contribution in [0.25, 0.3) is 21.8 Å². The van der Waals surface area contributed by atoms with Crippen molar-refractivity contribution in [3.05, 3.63) is 46.4 Å². The molecule has 1 heterocycles. The molecule has 0 saturated carbocycles. The second-order valence-corrected chi connectivity index (χ2v) is 5.03. The lowest BCUT2D eigenvalue weighted by molar-refractivity contribution is 0.112. The summed E-state index contributed by atoms with van der Waals surface area (Å²) in [5, 5.41) is 2.38. The Morgan fingerprint density at radius 3 is 2.65 bits per heavy atom. The summed E-state index contributed by atoms with van der Waals surface area (Å²) in [6.45, 7) is 0. The van der Waals surface area contributed by atoms with Crippen LogP contribution in [0.4, 0.5) is 0 Å². The average molecular weight is 288 g/mol. The predicted molar refractivity (Wildman–Crippen MR) is 73.5 cm³/mol. The van der Waals surface area contributed by atoms with E-state index in [0.29, 0.717) is 5.56 Å². The minimum absolute atomic E-state index is 0.711. The third-order valence-corrected chi connectivity index (χ3v) is 3.62. The van der Waals surface area contributed by atoms with Gasteiger partial charge >= 0.3 is 0 Å². The van der Waals surface area contributed by atoms with Crippen LogP contribution in [-0.4, -0.2) is 10.9 Å². The topological polar surface area (TPSA) is 22.0 Å². The quantitative estimate of drug-likeness (QED) is 0.622. The van der Waals surface area contributed by atoms with Crippen molar-refractivity contribution < 1.29 is 4.79 Å². The van der Waals surface area contributed by atoms with Crippen molar-refractivity contribution >= 4 is 44.0 Å². The number of hydrogen-bond acceptors (Lipinski definition) is 1. The van der Waals surface area contributed by atoms with E-state index in [-0.39, 0.29) is 0 Å². The number of fused-ring (bicyclic) bond motifs is 3. The van der Waals surface area contributed by atoms with Gasteiger partial charge in [-0.1, -0.05) is 28.1 Å². The van der Waals surface area contributed by atoms with Crippen molar-refractivity contribution in [1.29, 1.82) is 0 Å². The molecule has 0 aliphatic rings. The van der Waals surface area contributed by atoms with E-state index in [9.17, 15) is 4.79 Å². The zero-order chi connectivity index (χ0) is 12.0. The second-order valence-electron chi connectivity index (χ2n) is 4.11. The first-order valence-corrected chi connectivity index (χ1v) is 6.13. The Kier molecular flexibility index (Phi) is 2.30. The fraction of sp³-hybridized carbons (Fsp3) is 0.0714. The maximum atomic E-state index is 10.8. The molecule has 0 fully saturated rings. The van der Waals surface area contributed by atoms with Crippen molar-refractivity contribution in [3.8, 4) is 0 Å². The highest BCUT2D eigenvalue weighted by molar-refractivity contribution is 9.10. The van der Waals surface area contributed by atoms with Gasteiger partial charge < -0.3 is 4.57 Å². The van der Waals surface area contributed by atoms with Crippen LogP contribution in [0.3, 0.4) is 0 Å². The van der Waals surface area contributed by atoms with E-state index in [2.05, 4.69) is 32.6 Å². The number of carbonyl (C=O) groups is 1. The molecular weight excluding hydrogens is 278 g/mol. The third kappa shape index (κ3) is 1.50. The zero-order valence-corrected chi connectivity index (χ0v) is 10.9. The highest BCUT2D eigenvalue weighted by Crippen LogP contribution is 2.30. The molecule has 1 aromatic heterocycles. The molecule has 0 aliphatic carbocycles. The molecule has 0 bridgehead atoms. The summed E-state index contributed by atoms with van der Waals surface area (Å²) in [5.41, 5.74) is 2.97. The summed E-state index contributed by atoms with van der Waals surface area (Å²) < 4.78 is 3.18. The first-order chi connectivity index (χ1) is 8.20. The third-order valence-electron chi connectivity index (χ3n) is 3.13. The average Bonchev–Trinajstić information content (AvgIpc) is 2.62. The van der Waals surface area contributed by atoms with Crippen molar-refractivity contribution in [3.63, 3.8) is 0 Å². The Hall–Kier alpha value is -1.61. The van der Waals surface area contributed by atoms with E-state index in [1.54, 1.807) is 0 Å². The smallest absolute Gasteiger partial charge is 0.150 e. The maximum absolute atomic E-state index is 10.8. The lowest BCUT2D eigenvalue weighted by Crippen LogP contribution is -1.87. The summed E-state index contributed by atoms with van der Waals surface area (Å²) in [6.07, 6.45) is 0.882. The summed E-state index contributed by atoms with van der Waals surface area (Å²) in [6, 6.07) is 12.0. The maximum Gasteiger partial charge on any atom is 0.150 e. The summed E-state index contributed by atoms with van der Waals surface area (Å²) in [5.74, 6) is 0. The van der Waals surface area contributed by atoms with Crippen molar-refractivity contribution in [1.82, 2.24) is 4.57 Å². The van der Waals surface area contributed by atoms with Crippen LogP contribution >= 0.6 is 15.9 Å². The minimum atomic E-state index is 0.711. The van der Waals surface area contributed by atoms with E-state index in [1.165, 1.54) is 16.3 Å². The lowest BCUT2D eigenvalue weighted by Gasteiger charge is -1.97. The second kappa shape index (κ2) is 3.70. The van der Waals surface area contributed by atoms with Gasteiger partial charge in [0, 0.05) is 38.9 Å². The van der Waals surface area contributed by atoms with E-state index < -0.39 is 0 Å². The fourth-order valence-corrected chi connectivity index (χ4v) is 2.63. The zero-order valence-electron chi connectivity index (χ0n) is 9.27. The first-order valence-electron chi connectivity index (χ1n) is 5.33. The molecule has 0 aliphatic heterocycles. The van der Waals surface area contributed by atoms with Gasteiger partial charge in [0.1, 0.15) is 6.29 Å². The van der Waals surface area contributed by atoms with Gasteiger partial charge in [-0.2, -0.15) is 0 Å². The summed E-state index contributed by atoms with van der Waals surface area (Å²) in [7, 11) is 2.02. The van der Waals surface area contributed by atoms with Crippen LogP contribution in [0.15, 0.2) is 40.9 Å². The molecule has 3 heteroatoms. The molecule has 17 heavy (non-hydrogen) atoms. The van der Waals surface area contributed by atoms with Gasteiger partial charge in [-0.3, -0.25) is 4.79 Å². The highest BCUT2D eigenvalue weighted by atomic mass is 79.9.